The first-order valence-corrected chi connectivity index (χ1v) is 10.1. The molecule has 31 heavy (non-hydrogen) atoms. The predicted octanol–water partition coefficient (Wildman–Crippen LogP) is 3.01. The van der Waals surface area contributed by atoms with Crippen LogP contribution in [0.15, 0.2) is 47.3 Å². The summed E-state index contributed by atoms with van der Waals surface area (Å²) in [7, 11) is 0. The molecule has 2 aromatic carbocycles. The number of aromatic nitrogens is 4. The summed E-state index contributed by atoms with van der Waals surface area (Å²) in [5.41, 5.74) is 4.34. The normalized spacial score (nSPS) is 16.6. The molecule has 156 valence electrons. The molecule has 1 aliphatic heterocycles. The molecular formula is C23H21N5O3. The van der Waals surface area contributed by atoms with Crippen molar-refractivity contribution in [3.8, 4) is 5.95 Å². The average Bonchev–Trinajstić information content (AvgIpc) is 3.37. The first kappa shape index (κ1) is 19.0. The van der Waals surface area contributed by atoms with Crippen LogP contribution in [0.5, 0.6) is 0 Å². The van der Waals surface area contributed by atoms with Crippen LogP contribution in [0.4, 0.5) is 5.69 Å². The third kappa shape index (κ3) is 2.91. The number of carbonyl (C=O) groups is 2. The molecule has 1 saturated heterocycles. The van der Waals surface area contributed by atoms with E-state index in [2.05, 4.69) is 15.1 Å². The number of hydrogen-bond donors (Lipinski definition) is 2. The summed E-state index contributed by atoms with van der Waals surface area (Å²) in [4.78, 5) is 48.1. The minimum atomic E-state index is -0.832. The van der Waals surface area contributed by atoms with Crippen molar-refractivity contribution in [1.29, 1.82) is 0 Å². The highest BCUT2D eigenvalue weighted by Crippen LogP contribution is 2.35. The third-order valence-corrected chi connectivity index (χ3v) is 5.81. The largest absolute Gasteiger partial charge is 0.322 e. The van der Waals surface area contributed by atoms with Crippen LogP contribution in [0.25, 0.3) is 17.0 Å². The van der Waals surface area contributed by atoms with E-state index >= 15 is 0 Å². The summed E-state index contributed by atoms with van der Waals surface area (Å²) in [5.74, 6) is -1.18. The van der Waals surface area contributed by atoms with Crippen LogP contribution >= 0.6 is 0 Å². The van der Waals surface area contributed by atoms with Crippen molar-refractivity contribution >= 4 is 28.5 Å². The molecule has 8 nitrogen and oxygen atoms in total. The summed E-state index contributed by atoms with van der Waals surface area (Å²) < 4.78 is 1.29. The molecule has 0 unspecified atom stereocenters. The summed E-state index contributed by atoms with van der Waals surface area (Å²) in [6, 6.07) is 13.1. The number of nitrogens with one attached hydrogen (secondary N) is 2. The second kappa shape index (κ2) is 6.80. The van der Waals surface area contributed by atoms with Gasteiger partial charge in [0.15, 0.2) is 0 Å². The minimum Gasteiger partial charge on any atom is -0.322 e. The molecule has 0 spiro atoms. The van der Waals surface area contributed by atoms with Gasteiger partial charge in [0.2, 0.25) is 17.8 Å². The molecule has 0 aliphatic carbocycles. The smallest absolute Gasteiger partial charge is 0.278 e. The van der Waals surface area contributed by atoms with Gasteiger partial charge < -0.3 is 4.98 Å². The number of hydrogen-bond acceptors (Lipinski definition) is 4. The molecule has 1 fully saturated rings. The molecule has 0 saturated carbocycles. The second-order valence-corrected chi connectivity index (χ2v) is 7.98. The number of imide groups is 1. The van der Waals surface area contributed by atoms with Crippen LogP contribution in [-0.4, -0.2) is 31.6 Å². The van der Waals surface area contributed by atoms with Crippen molar-refractivity contribution in [2.24, 2.45) is 0 Å². The number of nitrogens with zero attached hydrogens (tertiary/aromatic N) is 3. The fraction of sp³-hybridized carbons (Fsp3) is 0.217. The number of para-hydroxylation sites is 2. The Labute approximate surface area is 177 Å². The molecule has 1 aliphatic rings. The van der Waals surface area contributed by atoms with Crippen LogP contribution < -0.4 is 10.5 Å². The molecule has 4 aromatic rings. The Balaban J connectivity index is 1.57. The second-order valence-electron chi connectivity index (χ2n) is 7.98. The lowest BCUT2D eigenvalue weighted by Crippen LogP contribution is -2.31. The van der Waals surface area contributed by atoms with Crippen LogP contribution in [0, 0.1) is 20.8 Å². The SMILES string of the molecule is Cc1ccc(C)c(N2C(=O)C[C@H](c3c(C)[nH]n(-c4nc5ccccc5[nH]4)c3=O)C2=O)c1. The number of imidazole rings is 1. The van der Waals surface area contributed by atoms with Crippen LogP contribution in [0.2, 0.25) is 0 Å². The molecule has 8 heteroatoms. The fourth-order valence-electron chi connectivity index (χ4n) is 4.24. The fourth-order valence-corrected chi connectivity index (χ4v) is 4.24. The zero-order chi connectivity index (χ0) is 21.9. The number of aryl methyl sites for hydroxylation is 3. The molecular weight excluding hydrogens is 394 g/mol. The van der Waals surface area contributed by atoms with Crippen molar-refractivity contribution in [2.75, 3.05) is 4.90 Å². The first-order valence-electron chi connectivity index (χ1n) is 10.1. The predicted molar refractivity (Wildman–Crippen MR) is 117 cm³/mol. The van der Waals surface area contributed by atoms with Crippen molar-refractivity contribution in [1.82, 2.24) is 19.7 Å². The Morgan fingerprint density at radius 3 is 2.58 bits per heavy atom. The molecule has 2 aromatic heterocycles. The summed E-state index contributed by atoms with van der Waals surface area (Å²) in [6.45, 7) is 5.50. The number of H-pyrrole nitrogens is 2. The van der Waals surface area contributed by atoms with E-state index in [4.69, 9.17) is 0 Å². The number of carbonyl (C=O) groups excluding carboxylic acids is 2. The van der Waals surface area contributed by atoms with Gasteiger partial charge in [0.1, 0.15) is 0 Å². The van der Waals surface area contributed by atoms with Crippen LogP contribution in [0.1, 0.15) is 34.7 Å². The molecule has 2 amide bonds. The van der Waals surface area contributed by atoms with Crippen molar-refractivity contribution < 1.29 is 9.59 Å². The highest BCUT2D eigenvalue weighted by molar-refractivity contribution is 6.23. The number of anilines is 1. The van der Waals surface area contributed by atoms with E-state index in [1.165, 1.54) is 9.58 Å². The summed E-state index contributed by atoms with van der Waals surface area (Å²) >= 11 is 0. The highest BCUT2D eigenvalue weighted by atomic mass is 16.2. The molecule has 0 radical (unpaired) electrons. The Morgan fingerprint density at radius 1 is 1.03 bits per heavy atom. The zero-order valence-corrected chi connectivity index (χ0v) is 17.4. The van der Waals surface area contributed by atoms with Gasteiger partial charge in [-0.15, -0.1) is 0 Å². The monoisotopic (exact) mass is 415 g/mol. The highest BCUT2D eigenvalue weighted by Gasteiger charge is 2.43. The number of amides is 2. The van der Waals surface area contributed by atoms with Crippen molar-refractivity contribution in [3.63, 3.8) is 0 Å². The van der Waals surface area contributed by atoms with E-state index in [0.717, 1.165) is 22.2 Å². The molecule has 0 bridgehead atoms. The lowest BCUT2D eigenvalue weighted by molar-refractivity contribution is -0.121. The van der Waals surface area contributed by atoms with E-state index < -0.39 is 5.92 Å². The number of rotatable bonds is 3. The quantitative estimate of drug-likeness (QED) is 0.502. The third-order valence-electron chi connectivity index (χ3n) is 5.81. The number of aromatic amines is 2. The van der Waals surface area contributed by atoms with Gasteiger partial charge in [0.05, 0.1) is 28.2 Å². The van der Waals surface area contributed by atoms with E-state index in [0.29, 0.717) is 22.9 Å². The Kier molecular flexibility index (Phi) is 4.18. The molecule has 1 atom stereocenters. The first-order chi connectivity index (χ1) is 14.8. The van der Waals surface area contributed by atoms with Crippen LogP contribution in [-0.2, 0) is 9.59 Å². The van der Waals surface area contributed by atoms with Gasteiger partial charge in [0, 0.05) is 12.1 Å². The number of benzene rings is 2. The topological polar surface area (TPSA) is 104 Å². The van der Waals surface area contributed by atoms with Gasteiger partial charge in [-0.3, -0.25) is 19.5 Å². The Bertz CT molecular complexity index is 1390. The molecule has 5 rings (SSSR count). The van der Waals surface area contributed by atoms with E-state index in [1.807, 2.05) is 56.3 Å². The van der Waals surface area contributed by atoms with Gasteiger partial charge >= 0.3 is 0 Å². The van der Waals surface area contributed by atoms with Crippen LogP contribution in [0.3, 0.4) is 0 Å². The summed E-state index contributed by atoms with van der Waals surface area (Å²) in [6.07, 6.45) is -0.0414. The minimum absolute atomic E-state index is 0.0414. The van der Waals surface area contributed by atoms with Crippen molar-refractivity contribution in [2.45, 2.75) is 33.1 Å². The molecule has 3 heterocycles. The standard InChI is InChI=1S/C23H21N5O3/c1-12-8-9-13(2)18(10-12)27-19(29)11-15(21(27)30)20-14(3)26-28(22(20)31)23-24-16-6-4-5-7-17(16)25-23/h4-10,15,26H,11H2,1-3H3,(H,24,25)/t15-/m1/s1. The number of fused-ring (bicyclic) bond motifs is 1. The maximum absolute atomic E-state index is 13.3. The van der Waals surface area contributed by atoms with Gasteiger partial charge in [-0.1, -0.05) is 24.3 Å². The Hall–Kier alpha value is -3.94. The van der Waals surface area contributed by atoms with E-state index in [-0.39, 0.29) is 23.8 Å². The van der Waals surface area contributed by atoms with Gasteiger partial charge in [-0.2, -0.15) is 4.68 Å². The maximum atomic E-state index is 13.3. The van der Waals surface area contributed by atoms with Gasteiger partial charge in [-0.25, -0.2) is 9.88 Å². The lowest BCUT2D eigenvalue weighted by atomic mass is 9.98. The molecule has 2 N–H and O–H groups in total. The zero-order valence-electron chi connectivity index (χ0n) is 17.4. The van der Waals surface area contributed by atoms with E-state index in [1.54, 1.807) is 6.92 Å². The van der Waals surface area contributed by atoms with Gasteiger partial charge in [-0.05, 0) is 50.1 Å². The summed E-state index contributed by atoms with van der Waals surface area (Å²) in [5, 5.41) is 3.01. The Morgan fingerprint density at radius 2 is 1.81 bits per heavy atom. The van der Waals surface area contributed by atoms with Crippen molar-refractivity contribution in [3.05, 3.63) is 75.2 Å². The van der Waals surface area contributed by atoms with E-state index in [9.17, 15) is 14.4 Å². The maximum Gasteiger partial charge on any atom is 0.278 e. The lowest BCUT2D eigenvalue weighted by Gasteiger charge is -2.18. The average molecular weight is 415 g/mol. The van der Waals surface area contributed by atoms with Gasteiger partial charge in [0.25, 0.3) is 5.56 Å².